The number of thiophene rings is 1. The van der Waals surface area contributed by atoms with Crippen molar-refractivity contribution < 1.29 is 17.7 Å². The second-order valence-corrected chi connectivity index (χ2v) is 8.73. The van der Waals surface area contributed by atoms with Crippen molar-refractivity contribution in [1.82, 2.24) is 15.5 Å². The Morgan fingerprint density at radius 1 is 1.26 bits per heavy atom. The summed E-state index contributed by atoms with van der Waals surface area (Å²) in [6.07, 6.45) is 1.06. The smallest absolute Gasteiger partial charge is 0.246 e. The zero-order chi connectivity index (χ0) is 19.4. The van der Waals surface area contributed by atoms with E-state index in [2.05, 4.69) is 15.5 Å². The second-order valence-electron chi connectivity index (χ2n) is 5.87. The van der Waals surface area contributed by atoms with Crippen LogP contribution < -0.4 is 9.62 Å². The molecule has 0 aliphatic carbocycles. The topological polar surface area (TPSA) is 105 Å². The van der Waals surface area contributed by atoms with Crippen LogP contribution >= 0.6 is 11.3 Å². The lowest BCUT2D eigenvalue weighted by Gasteiger charge is -2.21. The maximum atomic E-state index is 12.2. The number of nitrogens with zero attached hydrogens (tertiary/aromatic N) is 3. The van der Waals surface area contributed by atoms with Crippen molar-refractivity contribution in [3.8, 4) is 10.7 Å². The maximum absolute atomic E-state index is 12.2. The number of hydrogen-bond acceptors (Lipinski definition) is 7. The quantitative estimate of drug-likeness (QED) is 0.645. The van der Waals surface area contributed by atoms with Gasteiger partial charge in [-0.15, -0.1) is 11.3 Å². The predicted octanol–water partition coefficient (Wildman–Crippen LogP) is 2.19. The van der Waals surface area contributed by atoms with Crippen LogP contribution in [0.1, 0.15) is 11.5 Å². The third-order valence-corrected chi connectivity index (χ3v) is 5.66. The first-order valence-corrected chi connectivity index (χ1v) is 10.7. The van der Waals surface area contributed by atoms with Gasteiger partial charge in [0.25, 0.3) is 0 Å². The summed E-state index contributed by atoms with van der Waals surface area (Å²) in [5.41, 5.74) is 1.42. The fourth-order valence-corrected chi connectivity index (χ4v) is 3.81. The number of nitrogens with one attached hydrogen (secondary N) is 1. The molecule has 0 aliphatic heterocycles. The van der Waals surface area contributed by atoms with Crippen molar-refractivity contribution in [2.24, 2.45) is 0 Å². The molecular formula is C17H18N4O4S2. The van der Waals surface area contributed by atoms with E-state index in [9.17, 15) is 13.2 Å². The van der Waals surface area contributed by atoms with E-state index >= 15 is 0 Å². The highest BCUT2D eigenvalue weighted by Gasteiger charge is 2.21. The molecule has 27 heavy (non-hydrogen) atoms. The lowest BCUT2D eigenvalue weighted by Crippen LogP contribution is -2.40. The third kappa shape index (κ3) is 4.92. The monoisotopic (exact) mass is 406 g/mol. The molecule has 0 saturated carbocycles. The van der Waals surface area contributed by atoms with Gasteiger partial charge in [-0.05, 0) is 30.5 Å². The van der Waals surface area contributed by atoms with Crippen LogP contribution in [0, 0.1) is 6.92 Å². The Morgan fingerprint density at radius 2 is 2.00 bits per heavy atom. The second kappa shape index (κ2) is 7.89. The largest absolute Gasteiger partial charge is 0.345 e. The predicted molar refractivity (Wildman–Crippen MR) is 103 cm³/mol. The Morgan fingerprint density at radius 3 is 2.63 bits per heavy atom. The summed E-state index contributed by atoms with van der Waals surface area (Å²) in [5.74, 6) is 0.219. The van der Waals surface area contributed by atoms with Gasteiger partial charge in [-0.3, -0.25) is 9.10 Å². The molecule has 8 nitrogen and oxygen atoms in total. The third-order valence-electron chi connectivity index (χ3n) is 3.66. The van der Waals surface area contributed by atoms with E-state index in [1.165, 1.54) is 11.3 Å². The van der Waals surface area contributed by atoms with E-state index in [1.807, 2.05) is 24.4 Å². The first-order valence-electron chi connectivity index (χ1n) is 8.00. The van der Waals surface area contributed by atoms with Crippen molar-refractivity contribution >= 4 is 33.0 Å². The first kappa shape index (κ1) is 19.1. The molecule has 2 heterocycles. The summed E-state index contributed by atoms with van der Waals surface area (Å²) in [4.78, 5) is 17.3. The van der Waals surface area contributed by atoms with Crippen molar-refractivity contribution in [3.05, 3.63) is 53.2 Å². The normalized spacial score (nSPS) is 11.3. The number of amides is 1. The van der Waals surface area contributed by atoms with Crippen molar-refractivity contribution in [3.63, 3.8) is 0 Å². The highest BCUT2D eigenvalue weighted by molar-refractivity contribution is 7.92. The molecule has 0 radical (unpaired) electrons. The summed E-state index contributed by atoms with van der Waals surface area (Å²) >= 11 is 1.48. The maximum Gasteiger partial charge on any atom is 0.246 e. The lowest BCUT2D eigenvalue weighted by molar-refractivity contribution is -0.119. The van der Waals surface area contributed by atoms with Crippen LogP contribution in [0.15, 0.2) is 46.3 Å². The van der Waals surface area contributed by atoms with E-state index in [4.69, 9.17) is 4.52 Å². The summed E-state index contributed by atoms with van der Waals surface area (Å²) in [6.45, 7) is 1.58. The minimum Gasteiger partial charge on any atom is -0.345 e. The van der Waals surface area contributed by atoms with E-state index in [0.717, 1.165) is 21.0 Å². The SMILES string of the molecule is Cc1ccc(N(CC(=O)NCc2nc(-c3cccs3)no2)S(C)(=O)=O)cc1. The molecule has 3 aromatic rings. The zero-order valence-electron chi connectivity index (χ0n) is 14.7. The molecule has 0 spiro atoms. The minimum atomic E-state index is -3.61. The molecule has 0 fully saturated rings. The molecule has 1 aromatic carbocycles. The Kier molecular flexibility index (Phi) is 5.57. The summed E-state index contributed by atoms with van der Waals surface area (Å²) in [6, 6.07) is 10.6. The Bertz CT molecular complexity index is 1010. The zero-order valence-corrected chi connectivity index (χ0v) is 16.4. The van der Waals surface area contributed by atoms with Gasteiger partial charge in [-0.2, -0.15) is 4.98 Å². The fourth-order valence-electron chi connectivity index (χ4n) is 2.30. The molecule has 0 bridgehead atoms. The molecule has 10 heteroatoms. The summed E-state index contributed by atoms with van der Waals surface area (Å²) in [7, 11) is -3.61. The Labute approximate surface area is 160 Å². The van der Waals surface area contributed by atoms with Crippen molar-refractivity contribution in [1.29, 1.82) is 0 Å². The Balaban J connectivity index is 1.64. The average molecular weight is 406 g/mol. The highest BCUT2D eigenvalue weighted by Crippen LogP contribution is 2.21. The van der Waals surface area contributed by atoms with Gasteiger partial charge in [0, 0.05) is 0 Å². The van der Waals surface area contributed by atoms with E-state index in [1.54, 1.807) is 24.3 Å². The van der Waals surface area contributed by atoms with Gasteiger partial charge in [0.15, 0.2) is 0 Å². The van der Waals surface area contributed by atoms with Gasteiger partial charge in [0.1, 0.15) is 6.54 Å². The number of aromatic nitrogens is 2. The van der Waals surface area contributed by atoms with Crippen LogP contribution in [0.25, 0.3) is 10.7 Å². The van der Waals surface area contributed by atoms with Gasteiger partial charge >= 0.3 is 0 Å². The van der Waals surface area contributed by atoms with Crippen molar-refractivity contribution in [2.45, 2.75) is 13.5 Å². The van der Waals surface area contributed by atoms with Crippen LogP contribution in [0.3, 0.4) is 0 Å². The summed E-state index contributed by atoms with van der Waals surface area (Å²) in [5, 5.41) is 8.36. The number of hydrogen-bond donors (Lipinski definition) is 1. The van der Waals surface area contributed by atoms with Crippen LogP contribution in [-0.4, -0.2) is 37.3 Å². The Hall–Kier alpha value is -2.72. The molecule has 3 rings (SSSR count). The molecule has 142 valence electrons. The standard InChI is InChI=1S/C17H18N4O4S2/c1-12-5-7-13(8-6-12)21(27(2,23)24)11-15(22)18-10-16-19-17(20-25-16)14-4-3-9-26-14/h3-9H,10-11H2,1-2H3,(H,18,22). The molecule has 1 N–H and O–H groups in total. The number of sulfonamides is 1. The molecule has 0 saturated heterocycles. The van der Waals surface area contributed by atoms with E-state index in [-0.39, 0.29) is 19.0 Å². The van der Waals surface area contributed by atoms with E-state index < -0.39 is 15.9 Å². The molecule has 0 atom stereocenters. The average Bonchev–Trinajstić information content (AvgIpc) is 3.29. The van der Waals surface area contributed by atoms with Gasteiger partial charge < -0.3 is 9.84 Å². The minimum absolute atomic E-state index is 0.0166. The van der Waals surface area contributed by atoms with Crippen LogP contribution in [0.2, 0.25) is 0 Å². The van der Waals surface area contributed by atoms with Crippen LogP contribution in [0.4, 0.5) is 5.69 Å². The van der Waals surface area contributed by atoms with Gasteiger partial charge in [0.2, 0.25) is 27.6 Å². The molecule has 1 amide bonds. The highest BCUT2D eigenvalue weighted by atomic mass is 32.2. The van der Waals surface area contributed by atoms with Gasteiger partial charge in [-0.25, -0.2) is 8.42 Å². The van der Waals surface area contributed by atoms with Crippen molar-refractivity contribution in [2.75, 3.05) is 17.1 Å². The lowest BCUT2D eigenvalue weighted by atomic mass is 10.2. The summed E-state index contributed by atoms with van der Waals surface area (Å²) < 4.78 is 30.3. The number of carbonyl (C=O) groups excluding carboxylic acids is 1. The number of rotatable bonds is 7. The number of aryl methyl sites for hydroxylation is 1. The number of benzene rings is 1. The first-order chi connectivity index (χ1) is 12.8. The number of anilines is 1. The molecular weight excluding hydrogens is 388 g/mol. The number of carbonyl (C=O) groups is 1. The van der Waals surface area contributed by atoms with E-state index in [0.29, 0.717) is 11.5 Å². The van der Waals surface area contributed by atoms with Crippen LogP contribution in [0.5, 0.6) is 0 Å². The fraction of sp³-hybridized carbons (Fsp3) is 0.235. The van der Waals surface area contributed by atoms with Gasteiger partial charge in [-0.1, -0.05) is 28.9 Å². The van der Waals surface area contributed by atoms with Crippen LogP contribution in [-0.2, 0) is 21.4 Å². The molecule has 0 unspecified atom stereocenters. The molecule has 0 aliphatic rings. The molecule has 2 aromatic heterocycles. The van der Waals surface area contributed by atoms with Gasteiger partial charge in [0.05, 0.1) is 23.4 Å².